The van der Waals surface area contributed by atoms with Gasteiger partial charge >= 0.3 is 205 Å². The first-order chi connectivity index (χ1) is 21.5. The Morgan fingerprint density at radius 2 is 0.568 bits per heavy atom. The molecule has 0 aromatic rings. The van der Waals surface area contributed by atoms with Crippen LogP contribution in [0.2, 0.25) is 0 Å². The van der Waals surface area contributed by atoms with E-state index in [-0.39, 0.29) is 0 Å². The summed E-state index contributed by atoms with van der Waals surface area (Å²) in [6, 6.07) is 0. The van der Waals surface area contributed by atoms with E-state index >= 15 is 0 Å². The summed E-state index contributed by atoms with van der Waals surface area (Å²) in [5, 5.41) is 0. The number of rotatable bonds is 38. The van der Waals surface area contributed by atoms with E-state index < -0.39 is 8.15 Å². The van der Waals surface area contributed by atoms with E-state index in [1.54, 1.807) is 0 Å². The van der Waals surface area contributed by atoms with Crippen LogP contribution in [0.15, 0.2) is 0 Å². The fourth-order valence-electron chi connectivity index (χ4n) is 6.47. The standard InChI is InChI=1S/C41H88NOP/c1-6-8-10-12-14-16-18-20-22-24-26-28-30-32-34-36-40-44(43-39-38-42(3,4)5)41-37-35-33-31-29-27-25-23-21-19-17-15-13-11-9-7-2/h44H,6-41H2,1-5H3. The monoisotopic (exact) mass is 642 g/mol. The molecule has 0 fully saturated rings. The molecule has 0 heterocycles. The maximum absolute atomic E-state index is 6.55. The van der Waals surface area contributed by atoms with Crippen LogP contribution in [0, 0.1) is 0 Å². The van der Waals surface area contributed by atoms with Gasteiger partial charge in [0.25, 0.3) is 0 Å². The Hall–Kier alpha value is 0.350. The molecule has 44 heavy (non-hydrogen) atoms. The van der Waals surface area contributed by atoms with Crippen LogP contribution in [0.25, 0.3) is 0 Å². The Kier molecular flexibility index (Phi) is 36.5. The van der Waals surface area contributed by atoms with Gasteiger partial charge in [-0.25, -0.2) is 0 Å². The number of likely N-dealkylation sites (N-methyl/N-ethyl adjacent to an activating group) is 1. The van der Waals surface area contributed by atoms with E-state index in [0.29, 0.717) is 0 Å². The van der Waals surface area contributed by atoms with Gasteiger partial charge in [0.05, 0.1) is 0 Å². The second kappa shape index (κ2) is 36.2. The molecule has 0 saturated heterocycles. The van der Waals surface area contributed by atoms with Gasteiger partial charge in [-0.2, -0.15) is 0 Å². The number of unbranched alkanes of at least 4 members (excludes halogenated alkanes) is 30. The van der Waals surface area contributed by atoms with Crippen molar-refractivity contribution >= 4 is 8.15 Å². The van der Waals surface area contributed by atoms with E-state index in [2.05, 4.69) is 35.0 Å². The molecule has 0 aliphatic heterocycles. The molecule has 0 spiro atoms. The Morgan fingerprint density at radius 3 is 0.795 bits per heavy atom. The van der Waals surface area contributed by atoms with E-state index in [1.807, 2.05) is 0 Å². The summed E-state index contributed by atoms with van der Waals surface area (Å²) in [4.78, 5) is 0. The maximum atomic E-state index is 6.55. The third-order valence-corrected chi connectivity index (χ3v) is 12.1. The van der Waals surface area contributed by atoms with E-state index in [1.165, 1.54) is 218 Å². The van der Waals surface area contributed by atoms with Crippen LogP contribution < -0.4 is 0 Å². The molecule has 0 N–H and O–H groups in total. The predicted octanol–water partition coefficient (Wildman–Crippen LogP) is 14.4. The first-order valence-electron chi connectivity index (χ1n) is 20.8. The summed E-state index contributed by atoms with van der Waals surface area (Å²) in [6.07, 6.45) is 49.4. The van der Waals surface area contributed by atoms with Gasteiger partial charge in [-0.3, -0.25) is 0 Å². The zero-order valence-electron chi connectivity index (χ0n) is 31.8. The molecule has 0 amide bonds. The Morgan fingerprint density at radius 1 is 0.341 bits per heavy atom. The van der Waals surface area contributed by atoms with Crippen molar-refractivity contribution in [2.75, 3.05) is 46.6 Å². The quantitative estimate of drug-likeness (QED) is 0.0370. The van der Waals surface area contributed by atoms with Crippen LogP contribution in [0.3, 0.4) is 0 Å². The zero-order chi connectivity index (χ0) is 32.2. The van der Waals surface area contributed by atoms with Gasteiger partial charge in [0, 0.05) is 0 Å². The molecule has 268 valence electrons. The zero-order valence-corrected chi connectivity index (χ0v) is 32.8. The van der Waals surface area contributed by atoms with Crippen molar-refractivity contribution in [3.63, 3.8) is 0 Å². The van der Waals surface area contributed by atoms with Crippen molar-refractivity contribution in [1.82, 2.24) is 0 Å². The van der Waals surface area contributed by atoms with Crippen molar-refractivity contribution in [3.05, 3.63) is 0 Å². The van der Waals surface area contributed by atoms with Gasteiger partial charge in [-0.05, 0) is 0 Å². The van der Waals surface area contributed by atoms with Crippen molar-refractivity contribution < 1.29 is 9.01 Å². The summed E-state index contributed by atoms with van der Waals surface area (Å²) in [7, 11) is 6.26. The first kappa shape index (κ1) is 44.4. The number of quaternary nitrogens is 1. The molecule has 0 aliphatic carbocycles. The SMILES string of the molecule is CCCCCCCCCCCCCCCCCC[PH-](CCCCCCCCCCCCCCCCCC)OCC[N+](C)(C)C. The number of hydrogen-bond acceptors (Lipinski definition) is 1. The van der Waals surface area contributed by atoms with Crippen LogP contribution in [-0.2, 0) is 4.52 Å². The van der Waals surface area contributed by atoms with E-state index in [0.717, 1.165) is 17.6 Å². The topological polar surface area (TPSA) is 9.23 Å². The second-order valence-electron chi connectivity index (χ2n) is 15.5. The van der Waals surface area contributed by atoms with Gasteiger partial charge in [-0.1, -0.05) is 78.1 Å². The second-order valence-corrected chi connectivity index (χ2v) is 17.9. The van der Waals surface area contributed by atoms with Crippen LogP contribution in [0.5, 0.6) is 0 Å². The Balaban J connectivity index is 3.70. The molecule has 0 bridgehead atoms. The molecule has 2 nitrogen and oxygen atoms in total. The molecular formula is C41H88NOP. The molecule has 0 unspecified atom stereocenters. The Labute approximate surface area is 282 Å². The third-order valence-electron chi connectivity index (χ3n) is 9.69. The fourth-order valence-corrected chi connectivity index (χ4v) is 8.68. The molecule has 0 radical (unpaired) electrons. The molecule has 0 aromatic heterocycles. The first-order valence-corrected chi connectivity index (χ1v) is 22.6. The van der Waals surface area contributed by atoms with Crippen LogP contribution in [0.4, 0.5) is 0 Å². The summed E-state index contributed by atoms with van der Waals surface area (Å²) >= 11 is 0. The number of hydrogen-bond donors (Lipinski definition) is 0. The van der Waals surface area contributed by atoms with E-state index in [9.17, 15) is 0 Å². The predicted molar refractivity (Wildman–Crippen MR) is 206 cm³/mol. The summed E-state index contributed by atoms with van der Waals surface area (Å²) in [5.41, 5.74) is 0. The van der Waals surface area contributed by atoms with Crippen LogP contribution in [-0.4, -0.2) is 51.1 Å². The summed E-state index contributed by atoms with van der Waals surface area (Å²) in [6.45, 7) is 6.73. The molecular weight excluding hydrogens is 553 g/mol. The average Bonchev–Trinajstić information content (AvgIpc) is 2.99. The number of nitrogens with zero attached hydrogens (tertiary/aromatic N) is 1. The van der Waals surface area contributed by atoms with Crippen LogP contribution in [0.1, 0.15) is 219 Å². The van der Waals surface area contributed by atoms with Crippen molar-refractivity contribution in [3.8, 4) is 0 Å². The van der Waals surface area contributed by atoms with Crippen molar-refractivity contribution in [2.24, 2.45) is 0 Å². The van der Waals surface area contributed by atoms with Gasteiger partial charge < -0.3 is 0 Å². The summed E-state index contributed by atoms with van der Waals surface area (Å²) < 4.78 is 7.57. The van der Waals surface area contributed by atoms with Gasteiger partial charge in [0.2, 0.25) is 0 Å². The van der Waals surface area contributed by atoms with Crippen molar-refractivity contribution in [1.29, 1.82) is 0 Å². The van der Waals surface area contributed by atoms with Crippen molar-refractivity contribution in [2.45, 2.75) is 219 Å². The van der Waals surface area contributed by atoms with Gasteiger partial charge in [0.1, 0.15) is 0 Å². The summed E-state index contributed by atoms with van der Waals surface area (Å²) in [5.74, 6) is 0. The van der Waals surface area contributed by atoms with Gasteiger partial charge in [0.15, 0.2) is 0 Å². The third kappa shape index (κ3) is 38.5. The normalized spacial score (nSPS) is 12.3. The van der Waals surface area contributed by atoms with Gasteiger partial charge in [-0.15, -0.1) is 0 Å². The molecule has 0 aromatic carbocycles. The molecule has 0 aliphatic rings. The van der Waals surface area contributed by atoms with Crippen LogP contribution >= 0.6 is 8.15 Å². The minimum atomic E-state index is -0.614. The molecule has 0 atom stereocenters. The molecule has 0 saturated carbocycles. The molecule has 3 heteroatoms. The average molecular weight is 642 g/mol. The Bertz CT molecular complexity index is 483. The molecule has 0 rings (SSSR count). The fraction of sp³-hybridized carbons (Fsp3) is 1.00. The van der Waals surface area contributed by atoms with E-state index in [4.69, 9.17) is 4.52 Å². The minimum absolute atomic E-state index is 0.614.